The predicted octanol–water partition coefficient (Wildman–Crippen LogP) is 2.21. The summed E-state index contributed by atoms with van der Waals surface area (Å²) in [6.07, 6.45) is 0. The first-order valence-electron chi connectivity index (χ1n) is 6.62. The van der Waals surface area contributed by atoms with Crippen LogP contribution in [0.2, 0.25) is 0 Å². The Hall–Kier alpha value is -1.67. The highest BCUT2D eigenvalue weighted by atomic mass is 32.2. The van der Waals surface area contributed by atoms with E-state index < -0.39 is 10.9 Å². The molecule has 0 bridgehead atoms. The zero-order valence-corrected chi connectivity index (χ0v) is 13.2. The lowest BCUT2D eigenvalue weighted by atomic mass is 10.3. The predicted molar refractivity (Wildman–Crippen MR) is 80.7 cm³/mol. The van der Waals surface area contributed by atoms with Gasteiger partial charge in [0.05, 0.1) is 12.0 Å². The number of hydrogen-bond donors (Lipinski definition) is 0. The number of rotatable bonds is 8. The summed E-state index contributed by atoms with van der Waals surface area (Å²) in [4.78, 5) is 28.2. The van der Waals surface area contributed by atoms with Gasteiger partial charge < -0.3 is 9.64 Å². The third-order valence-corrected chi connectivity index (χ3v) is 3.93. The number of carbonyl (C=O) groups is 1. The second-order valence-electron chi connectivity index (χ2n) is 4.14. The SMILES string of the molecule is CCN(CC)CCSc1nc(C(=O)OC)ccc1[N+](=O)[O-]. The van der Waals surface area contributed by atoms with Crippen molar-refractivity contribution in [2.75, 3.05) is 32.5 Å². The van der Waals surface area contributed by atoms with Crippen molar-refractivity contribution in [1.82, 2.24) is 9.88 Å². The normalized spacial score (nSPS) is 10.7. The Morgan fingerprint density at radius 1 is 1.43 bits per heavy atom. The average molecular weight is 313 g/mol. The van der Waals surface area contributed by atoms with E-state index in [1.165, 1.54) is 31.0 Å². The molecule has 0 fully saturated rings. The van der Waals surface area contributed by atoms with E-state index in [-0.39, 0.29) is 16.4 Å². The maximum atomic E-state index is 11.4. The molecule has 1 heterocycles. The van der Waals surface area contributed by atoms with E-state index in [4.69, 9.17) is 0 Å². The third kappa shape index (κ3) is 4.98. The van der Waals surface area contributed by atoms with E-state index >= 15 is 0 Å². The molecule has 0 saturated heterocycles. The summed E-state index contributed by atoms with van der Waals surface area (Å²) in [6, 6.07) is 2.59. The van der Waals surface area contributed by atoms with E-state index in [0.29, 0.717) is 5.75 Å². The summed E-state index contributed by atoms with van der Waals surface area (Å²) in [5, 5.41) is 11.3. The van der Waals surface area contributed by atoms with E-state index in [1.807, 2.05) is 0 Å². The highest BCUT2D eigenvalue weighted by Gasteiger charge is 2.19. The minimum Gasteiger partial charge on any atom is -0.464 e. The monoisotopic (exact) mass is 313 g/mol. The molecule has 8 heteroatoms. The molecule has 0 unspecified atom stereocenters. The number of methoxy groups -OCH3 is 1. The molecule has 0 amide bonds. The van der Waals surface area contributed by atoms with Gasteiger partial charge in [0, 0.05) is 18.4 Å². The van der Waals surface area contributed by atoms with Crippen molar-refractivity contribution in [3.63, 3.8) is 0 Å². The lowest BCUT2D eigenvalue weighted by Gasteiger charge is -2.17. The lowest BCUT2D eigenvalue weighted by molar-refractivity contribution is -0.388. The Morgan fingerprint density at radius 3 is 2.62 bits per heavy atom. The minimum absolute atomic E-state index is 0.0773. The van der Waals surface area contributed by atoms with Crippen LogP contribution in [0, 0.1) is 10.1 Å². The maximum absolute atomic E-state index is 11.4. The number of pyridine rings is 1. The molecule has 0 aliphatic rings. The van der Waals surface area contributed by atoms with Crippen molar-refractivity contribution in [1.29, 1.82) is 0 Å². The quantitative estimate of drug-likeness (QED) is 0.315. The number of hydrogen-bond acceptors (Lipinski definition) is 7. The first-order valence-corrected chi connectivity index (χ1v) is 7.60. The molecule has 0 atom stereocenters. The zero-order valence-electron chi connectivity index (χ0n) is 12.4. The number of thioether (sulfide) groups is 1. The maximum Gasteiger partial charge on any atom is 0.356 e. The lowest BCUT2D eigenvalue weighted by Crippen LogP contribution is -2.25. The summed E-state index contributed by atoms with van der Waals surface area (Å²) in [6.45, 7) is 6.78. The molecule has 0 saturated carbocycles. The van der Waals surface area contributed by atoms with E-state index in [1.54, 1.807) is 0 Å². The number of nitro groups is 1. The molecular formula is C13H19N3O4S. The summed E-state index contributed by atoms with van der Waals surface area (Å²) in [5.74, 6) is 0.0654. The van der Waals surface area contributed by atoms with E-state index in [2.05, 4.69) is 28.5 Å². The van der Waals surface area contributed by atoms with Crippen molar-refractivity contribution in [2.24, 2.45) is 0 Å². The molecule has 7 nitrogen and oxygen atoms in total. The van der Waals surface area contributed by atoms with Crippen LogP contribution in [-0.2, 0) is 4.74 Å². The average Bonchev–Trinajstić information content (AvgIpc) is 2.50. The zero-order chi connectivity index (χ0) is 15.8. The fourth-order valence-corrected chi connectivity index (χ4v) is 2.70. The summed E-state index contributed by atoms with van der Waals surface area (Å²) in [7, 11) is 1.25. The largest absolute Gasteiger partial charge is 0.464 e. The second-order valence-corrected chi connectivity index (χ2v) is 5.23. The molecule has 0 radical (unpaired) electrons. The van der Waals surface area contributed by atoms with Crippen molar-refractivity contribution in [2.45, 2.75) is 18.9 Å². The Labute approximate surface area is 127 Å². The van der Waals surface area contributed by atoms with Crippen LogP contribution in [-0.4, -0.2) is 53.3 Å². The summed E-state index contributed by atoms with van der Waals surface area (Å²) >= 11 is 1.27. The Bertz CT molecular complexity index is 506. The van der Waals surface area contributed by atoms with Crippen molar-refractivity contribution >= 4 is 23.4 Å². The first kappa shape index (κ1) is 17.4. The standard InChI is InChI=1S/C13H19N3O4S/c1-4-15(5-2)8-9-21-12-11(16(18)19)7-6-10(14-12)13(17)20-3/h6-7H,4-5,8-9H2,1-3H3. The van der Waals surface area contributed by atoms with Crippen LogP contribution in [0.4, 0.5) is 5.69 Å². The molecule has 0 spiro atoms. The van der Waals surface area contributed by atoms with Gasteiger partial charge in [-0.25, -0.2) is 9.78 Å². The molecule has 116 valence electrons. The first-order chi connectivity index (χ1) is 10.0. The Morgan fingerprint density at radius 2 is 2.10 bits per heavy atom. The van der Waals surface area contributed by atoms with Gasteiger partial charge in [0.25, 0.3) is 0 Å². The van der Waals surface area contributed by atoms with Crippen LogP contribution in [0.3, 0.4) is 0 Å². The van der Waals surface area contributed by atoms with Crippen LogP contribution < -0.4 is 0 Å². The fourth-order valence-electron chi connectivity index (χ4n) is 1.71. The van der Waals surface area contributed by atoms with Gasteiger partial charge in [0.2, 0.25) is 0 Å². The molecular weight excluding hydrogens is 294 g/mol. The van der Waals surface area contributed by atoms with Gasteiger partial charge in [-0.05, 0) is 19.2 Å². The van der Waals surface area contributed by atoms with E-state index in [0.717, 1.165) is 19.6 Å². The second kappa shape index (κ2) is 8.58. The topological polar surface area (TPSA) is 85.6 Å². The fraction of sp³-hybridized carbons (Fsp3) is 0.538. The highest BCUT2D eigenvalue weighted by Crippen LogP contribution is 2.27. The van der Waals surface area contributed by atoms with Gasteiger partial charge >= 0.3 is 11.7 Å². The number of carbonyl (C=O) groups excluding carboxylic acids is 1. The van der Waals surface area contributed by atoms with Gasteiger partial charge in [-0.2, -0.15) is 0 Å². The van der Waals surface area contributed by atoms with Crippen molar-refractivity contribution in [3.8, 4) is 0 Å². The Kier molecular flexibility index (Phi) is 7.10. The van der Waals surface area contributed by atoms with Gasteiger partial charge in [0.1, 0.15) is 5.69 Å². The van der Waals surface area contributed by atoms with Gasteiger partial charge in [-0.15, -0.1) is 0 Å². The molecule has 0 aromatic carbocycles. The van der Waals surface area contributed by atoms with Gasteiger partial charge in [-0.1, -0.05) is 25.6 Å². The van der Waals surface area contributed by atoms with Gasteiger partial charge in [-0.3, -0.25) is 10.1 Å². The molecule has 1 rings (SSSR count). The number of aromatic nitrogens is 1. The van der Waals surface area contributed by atoms with Crippen LogP contribution in [0.25, 0.3) is 0 Å². The molecule has 0 N–H and O–H groups in total. The molecule has 0 aliphatic heterocycles. The van der Waals surface area contributed by atoms with Gasteiger partial charge in [0.15, 0.2) is 5.03 Å². The van der Waals surface area contributed by atoms with Crippen LogP contribution >= 0.6 is 11.8 Å². The summed E-state index contributed by atoms with van der Waals surface area (Å²) in [5.41, 5.74) is -0.0133. The molecule has 1 aromatic heterocycles. The van der Waals surface area contributed by atoms with Crippen LogP contribution in [0.15, 0.2) is 17.2 Å². The smallest absolute Gasteiger partial charge is 0.356 e. The number of nitrogens with zero attached hydrogens (tertiary/aromatic N) is 3. The number of esters is 1. The van der Waals surface area contributed by atoms with Crippen molar-refractivity contribution < 1.29 is 14.5 Å². The minimum atomic E-state index is -0.601. The van der Waals surface area contributed by atoms with E-state index in [9.17, 15) is 14.9 Å². The third-order valence-electron chi connectivity index (χ3n) is 2.97. The molecule has 21 heavy (non-hydrogen) atoms. The molecule has 0 aliphatic carbocycles. The highest BCUT2D eigenvalue weighted by molar-refractivity contribution is 7.99. The molecule has 1 aromatic rings. The van der Waals surface area contributed by atoms with Crippen LogP contribution in [0.1, 0.15) is 24.3 Å². The summed E-state index contributed by atoms with van der Waals surface area (Å²) < 4.78 is 4.58. The van der Waals surface area contributed by atoms with Crippen molar-refractivity contribution in [3.05, 3.63) is 27.9 Å². The number of ether oxygens (including phenoxy) is 1. The van der Waals surface area contributed by atoms with Crippen LogP contribution in [0.5, 0.6) is 0 Å². The Balaban J connectivity index is 2.86.